The van der Waals surface area contributed by atoms with Crippen LogP contribution in [0.15, 0.2) is 40.9 Å². The first kappa shape index (κ1) is 16.2. The maximum atomic E-state index is 12.2. The van der Waals surface area contributed by atoms with Crippen molar-refractivity contribution in [2.24, 2.45) is 11.7 Å². The molecular weight excluding hydrogens is 278 g/mol. The van der Waals surface area contributed by atoms with Gasteiger partial charge in [-0.2, -0.15) is 0 Å². The highest BCUT2D eigenvalue weighted by atomic mass is 16.5. The molecular formula is C17H23N3O2. The standard InChI is InChI=1S/C17H23N3O2/c1-12(2)9-15(18)17(21)20(3)11-14-10-16(19-22-14)13-7-5-4-6-8-13/h4-8,10,12,15H,9,11,18H2,1-3H3/t15-/m1/s1. The maximum absolute atomic E-state index is 12.2. The Balaban J connectivity index is 1.99. The van der Waals surface area contributed by atoms with Gasteiger partial charge in [0.1, 0.15) is 5.69 Å². The SMILES string of the molecule is CC(C)C[C@@H](N)C(=O)N(C)Cc1cc(-c2ccccc2)no1. The van der Waals surface area contributed by atoms with Crippen molar-refractivity contribution >= 4 is 5.91 Å². The lowest BCUT2D eigenvalue weighted by Crippen LogP contribution is -2.42. The highest BCUT2D eigenvalue weighted by Gasteiger charge is 2.20. The Bertz CT molecular complexity index is 607. The molecule has 0 saturated carbocycles. The molecule has 0 radical (unpaired) electrons. The van der Waals surface area contributed by atoms with Crippen LogP contribution in [-0.4, -0.2) is 29.1 Å². The lowest BCUT2D eigenvalue weighted by molar-refractivity contribution is -0.132. The Morgan fingerprint density at radius 2 is 2.00 bits per heavy atom. The summed E-state index contributed by atoms with van der Waals surface area (Å²) in [6.07, 6.45) is 0.675. The molecule has 5 nitrogen and oxygen atoms in total. The lowest BCUT2D eigenvalue weighted by atomic mass is 10.0. The molecule has 0 saturated heterocycles. The van der Waals surface area contributed by atoms with Crippen molar-refractivity contribution in [2.45, 2.75) is 32.9 Å². The second kappa shape index (κ2) is 7.22. The van der Waals surface area contributed by atoms with Gasteiger partial charge in [0.25, 0.3) is 0 Å². The van der Waals surface area contributed by atoms with E-state index in [9.17, 15) is 4.79 Å². The Kier molecular flexibility index (Phi) is 5.33. The van der Waals surface area contributed by atoms with Gasteiger partial charge in [-0.05, 0) is 12.3 Å². The Labute approximate surface area is 131 Å². The second-order valence-electron chi connectivity index (χ2n) is 5.97. The fourth-order valence-electron chi connectivity index (χ4n) is 2.34. The van der Waals surface area contributed by atoms with Crippen molar-refractivity contribution in [3.63, 3.8) is 0 Å². The molecule has 22 heavy (non-hydrogen) atoms. The van der Waals surface area contributed by atoms with Crippen LogP contribution in [0, 0.1) is 5.92 Å². The number of rotatable bonds is 6. The van der Waals surface area contributed by atoms with Crippen LogP contribution in [0.5, 0.6) is 0 Å². The molecule has 0 aliphatic carbocycles. The number of nitrogens with zero attached hydrogens (tertiary/aromatic N) is 2. The fourth-order valence-corrected chi connectivity index (χ4v) is 2.34. The Morgan fingerprint density at radius 1 is 1.32 bits per heavy atom. The molecule has 1 atom stereocenters. The highest BCUT2D eigenvalue weighted by molar-refractivity contribution is 5.81. The summed E-state index contributed by atoms with van der Waals surface area (Å²) in [6, 6.07) is 11.2. The minimum Gasteiger partial charge on any atom is -0.359 e. The average Bonchev–Trinajstić information content (AvgIpc) is 2.95. The molecule has 118 valence electrons. The third-order valence-electron chi connectivity index (χ3n) is 3.44. The molecule has 5 heteroatoms. The van der Waals surface area contributed by atoms with Gasteiger partial charge < -0.3 is 15.2 Å². The Morgan fingerprint density at radius 3 is 2.64 bits per heavy atom. The number of carbonyl (C=O) groups excluding carboxylic acids is 1. The van der Waals surface area contributed by atoms with E-state index < -0.39 is 6.04 Å². The highest BCUT2D eigenvalue weighted by Crippen LogP contribution is 2.19. The van der Waals surface area contributed by atoms with Gasteiger partial charge in [0.05, 0.1) is 12.6 Å². The third kappa shape index (κ3) is 4.18. The van der Waals surface area contributed by atoms with Crippen LogP contribution in [0.2, 0.25) is 0 Å². The van der Waals surface area contributed by atoms with E-state index in [4.69, 9.17) is 10.3 Å². The van der Waals surface area contributed by atoms with E-state index in [1.165, 1.54) is 0 Å². The summed E-state index contributed by atoms with van der Waals surface area (Å²) >= 11 is 0. The number of nitrogens with two attached hydrogens (primary N) is 1. The molecule has 0 bridgehead atoms. The van der Waals surface area contributed by atoms with Crippen molar-refractivity contribution in [2.75, 3.05) is 7.05 Å². The van der Waals surface area contributed by atoms with Crippen LogP contribution in [-0.2, 0) is 11.3 Å². The molecule has 0 spiro atoms. The van der Waals surface area contributed by atoms with Gasteiger partial charge in [0.15, 0.2) is 5.76 Å². The summed E-state index contributed by atoms with van der Waals surface area (Å²) in [4.78, 5) is 13.8. The normalized spacial score (nSPS) is 12.4. The molecule has 1 amide bonds. The van der Waals surface area contributed by atoms with Crippen molar-refractivity contribution in [1.29, 1.82) is 0 Å². The molecule has 1 heterocycles. The number of hydrogen-bond donors (Lipinski definition) is 1. The van der Waals surface area contributed by atoms with E-state index >= 15 is 0 Å². The summed E-state index contributed by atoms with van der Waals surface area (Å²) in [5.74, 6) is 0.958. The van der Waals surface area contributed by atoms with Crippen molar-refractivity contribution in [3.05, 3.63) is 42.2 Å². The van der Waals surface area contributed by atoms with Crippen LogP contribution >= 0.6 is 0 Å². The van der Waals surface area contributed by atoms with E-state index in [2.05, 4.69) is 19.0 Å². The average molecular weight is 301 g/mol. The smallest absolute Gasteiger partial charge is 0.239 e. The zero-order valence-corrected chi connectivity index (χ0v) is 13.3. The van der Waals surface area contributed by atoms with Gasteiger partial charge in [-0.25, -0.2) is 0 Å². The van der Waals surface area contributed by atoms with Gasteiger partial charge in [-0.3, -0.25) is 4.79 Å². The van der Waals surface area contributed by atoms with E-state index in [1.54, 1.807) is 11.9 Å². The zero-order chi connectivity index (χ0) is 16.1. The number of hydrogen-bond acceptors (Lipinski definition) is 4. The monoisotopic (exact) mass is 301 g/mol. The van der Waals surface area contributed by atoms with Crippen molar-refractivity contribution in [1.82, 2.24) is 10.1 Å². The molecule has 2 aromatic rings. The van der Waals surface area contributed by atoms with Crippen LogP contribution < -0.4 is 5.73 Å². The summed E-state index contributed by atoms with van der Waals surface area (Å²) in [5, 5.41) is 4.05. The summed E-state index contributed by atoms with van der Waals surface area (Å²) in [5.41, 5.74) is 7.69. The van der Waals surface area contributed by atoms with Crippen molar-refractivity contribution in [3.8, 4) is 11.3 Å². The number of carbonyl (C=O) groups is 1. The molecule has 0 fully saturated rings. The largest absolute Gasteiger partial charge is 0.359 e. The molecule has 2 rings (SSSR count). The van der Waals surface area contributed by atoms with E-state index in [0.717, 1.165) is 11.3 Å². The lowest BCUT2D eigenvalue weighted by Gasteiger charge is -2.21. The van der Waals surface area contributed by atoms with Crippen molar-refractivity contribution < 1.29 is 9.32 Å². The minimum atomic E-state index is -0.471. The van der Waals surface area contributed by atoms with Crippen LogP contribution in [0.4, 0.5) is 0 Å². The van der Waals surface area contributed by atoms with Crippen LogP contribution in [0.1, 0.15) is 26.0 Å². The van der Waals surface area contributed by atoms with Gasteiger partial charge in [-0.15, -0.1) is 0 Å². The summed E-state index contributed by atoms with van der Waals surface area (Å²) in [7, 11) is 1.73. The van der Waals surface area contributed by atoms with Gasteiger partial charge in [-0.1, -0.05) is 49.3 Å². The number of benzene rings is 1. The summed E-state index contributed by atoms with van der Waals surface area (Å²) < 4.78 is 5.32. The quantitative estimate of drug-likeness (QED) is 0.890. The van der Waals surface area contributed by atoms with E-state index in [1.807, 2.05) is 36.4 Å². The molecule has 0 aliphatic heterocycles. The number of aromatic nitrogens is 1. The molecule has 1 aromatic carbocycles. The predicted molar refractivity (Wildman–Crippen MR) is 85.8 cm³/mol. The maximum Gasteiger partial charge on any atom is 0.239 e. The van der Waals surface area contributed by atoms with Gasteiger partial charge in [0, 0.05) is 18.7 Å². The van der Waals surface area contributed by atoms with Crippen LogP contribution in [0.25, 0.3) is 11.3 Å². The van der Waals surface area contributed by atoms with Gasteiger partial charge >= 0.3 is 0 Å². The Hall–Kier alpha value is -2.14. The summed E-state index contributed by atoms with van der Waals surface area (Å²) in [6.45, 7) is 4.47. The molecule has 1 aromatic heterocycles. The van der Waals surface area contributed by atoms with Gasteiger partial charge in [0.2, 0.25) is 5.91 Å². The second-order valence-corrected chi connectivity index (χ2v) is 5.97. The van der Waals surface area contributed by atoms with Crippen LogP contribution in [0.3, 0.4) is 0 Å². The minimum absolute atomic E-state index is 0.0774. The first-order valence-electron chi connectivity index (χ1n) is 7.49. The first-order chi connectivity index (χ1) is 10.5. The van der Waals surface area contributed by atoms with E-state index in [0.29, 0.717) is 24.6 Å². The number of likely N-dealkylation sites (N-methyl/N-ethyl adjacent to an activating group) is 1. The molecule has 2 N–H and O–H groups in total. The zero-order valence-electron chi connectivity index (χ0n) is 13.3. The topological polar surface area (TPSA) is 72.4 Å². The molecule has 0 aliphatic rings. The fraction of sp³-hybridized carbons (Fsp3) is 0.412. The van der Waals surface area contributed by atoms with E-state index in [-0.39, 0.29) is 5.91 Å². The third-order valence-corrected chi connectivity index (χ3v) is 3.44. The number of amides is 1. The first-order valence-corrected chi connectivity index (χ1v) is 7.49. The molecule has 0 unspecified atom stereocenters. The predicted octanol–water partition coefficient (Wildman–Crippen LogP) is 2.67.